The SMILES string of the molecule is CS(=O)(=O)c1ccc(-c2cccc(C3CC(C(F)(F)C(F)(F)F)=NN3c3ccccc3C(F)(F)F)c2)cc1. The summed E-state index contributed by atoms with van der Waals surface area (Å²) in [6, 6.07) is 13.9. The van der Waals surface area contributed by atoms with Crippen LogP contribution in [0.1, 0.15) is 23.6 Å². The van der Waals surface area contributed by atoms with Crippen molar-refractivity contribution in [3.63, 3.8) is 0 Å². The Morgan fingerprint density at radius 2 is 1.45 bits per heavy atom. The standard InChI is InChI=1S/C25H18F8N2O2S/c1-38(36,37)18-11-9-15(10-12-18)16-5-4-6-17(13-16)21-14-22(23(26,27)25(31,32)33)34-35(21)20-8-3-2-7-19(20)24(28,29)30/h2-13,21H,14H2,1H3. The maximum Gasteiger partial charge on any atom is 0.459 e. The molecule has 0 radical (unpaired) electrons. The van der Waals surface area contributed by atoms with Crippen LogP contribution in [0.2, 0.25) is 0 Å². The molecule has 0 aliphatic carbocycles. The van der Waals surface area contributed by atoms with Crippen LogP contribution >= 0.6 is 0 Å². The molecule has 3 aromatic carbocycles. The van der Waals surface area contributed by atoms with Gasteiger partial charge in [-0.1, -0.05) is 42.5 Å². The number of nitrogens with zero attached hydrogens (tertiary/aromatic N) is 2. The van der Waals surface area contributed by atoms with Crippen molar-refractivity contribution < 1.29 is 43.5 Å². The van der Waals surface area contributed by atoms with E-state index in [4.69, 9.17) is 0 Å². The molecule has 1 heterocycles. The first-order valence-corrected chi connectivity index (χ1v) is 12.8. The molecule has 13 heteroatoms. The Labute approximate surface area is 212 Å². The van der Waals surface area contributed by atoms with E-state index in [2.05, 4.69) is 5.10 Å². The van der Waals surface area contributed by atoms with Gasteiger partial charge in [0.05, 0.1) is 22.2 Å². The zero-order valence-electron chi connectivity index (χ0n) is 19.4. The van der Waals surface area contributed by atoms with E-state index in [9.17, 15) is 43.5 Å². The molecular weight excluding hydrogens is 544 g/mol. The summed E-state index contributed by atoms with van der Waals surface area (Å²) in [5.41, 5.74) is -2.50. The highest BCUT2D eigenvalue weighted by atomic mass is 32.2. The molecule has 1 aliphatic rings. The highest BCUT2D eigenvalue weighted by molar-refractivity contribution is 7.90. The lowest BCUT2D eigenvalue weighted by Gasteiger charge is -2.27. The van der Waals surface area contributed by atoms with Gasteiger partial charge in [0.1, 0.15) is 5.71 Å². The van der Waals surface area contributed by atoms with Crippen LogP contribution in [0.3, 0.4) is 0 Å². The molecule has 0 saturated carbocycles. The minimum Gasteiger partial charge on any atom is -0.257 e. The Balaban J connectivity index is 1.82. The summed E-state index contributed by atoms with van der Waals surface area (Å²) in [5.74, 6) is -5.37. The monoisotopic (exact) mass is 562 g/mol. The second-order valence-electron chi connectivity index (χ2n) is 8.62. The Morgan fingerprint density at radius 1 is 0.816 bits per heavy atom. The predicted octanol–water partition coefficient (Wildman–Crippen LogP) is 7.28. The van der Waals surface area contributed by atoms with Gasteiger partial charge < -0.3 is 0 Å². The summed E-state index contributed by atoms with van der Waals surface area (Å²) >= 11 is 0. The average molecular weight is 562 g/mol. The molecule has 1 atom stereocenters. The quantitative estimate of drug-likeness (QED) is 0.307. The molecule has 0 aromatic heterocycles. The van der Waals surface area contributed by atoms with Crippen LogP contribution < -0.4 is 5.01 Å². The van der Waals surface area contributed by atoms with Crippen LogP contribution in [-0.2, 0) is 16.0 Å². The minimum atomic E-state index is -6.00. The number of benzene rings is 3. The van der Waals surface area contributed by atoms with Crippen LogP contribution in [0.25, 0.3) is 11.1 Å². The molecule has 1 aliphatic heterocycles. The Bertz CT molecular complexity index is 1480. The number of hydrogen-bond donors (Lipinski definition) is 0. The number of hydrogen-bond acceptors (Lipinski definition) is 4. The first-order valence-electron chi connectivity index (χ1n) is 10.9. The molecule has 4 nitrogen and oxygen atoms in total. The molecule has 0 bridgehead atoms. The van der Waals surface area contributed by atoms with Gasteiger partial charge in [-0.05, 0) is 47.0 Å². The van der Waals surface area contributed by atoms with Crippen molar-refractivity contribution in [2.75, 3.05) is 11.3 Å². The van der Waals surface area contributed by atoms with Crippen molar-refractivity contribution in [3.05, 3.63) is 83.9 Å². The van der Waals surface area contributed by atoms with Gasteiger partial charge in [-0.3, -0.25) is 5.01 Å². The predicted molar refractivity (Wildman–Crippen MR) is 125 cm³/mol. The summed E-state index contributed by atoms with van der Waals surface area (Å²) in [7, 11) is -3.49. The van der Waals surface area contributed by atoms with Gasteiger partial charge in [0.25, 0.3) is 0 Å². The minimum absolute atomic E-state index is 0.0376. The van der Waals surface area contributed by atoms with Gasteiger partial charge in [0, 0.05) is 12.7 Å². The van der Waals surface area contributed by atoms with Gasteiger partial charge in [0.15, 0.2) is 9.84 Å². The number of hydrazone groups is 1. The van der Waals surface area contributed by atoms with E-state index in [1.54, 1.807) is 6.07 Å². The normalized spacial score (nSPS) is 17.0. The van der Waals surface area contributed by atoms with Crippen molar-refractivity contribution in [2.45, 2.75) is 35.6 Å². The molecule has 38 heavy (non-hydrogen) atoms. The second-order valence-corrected chi connectivity index (χ2v) is 10.6. The maximum atomic E-state index is 14.3. The third kappa shape index (κ3) is 5.24. The van der Waals surface area contributed by atoms with Crippen LogP contribution in [-0.4, -0.2) is 32.5 Å². The average Bonchev–Trinajstić information content (AvgIpc) is 3.29. The summed E-state index contributed by atoms with van der Waals surface area (Å²) in [6.07, 6.45) is -10.9. The molecule has 0 saturated heterocycles. The van der Waals surface area contributed by atoms with Crippen LogP contribution in [0.5, 0.6) is 0 Å². The van der Waals surface area contributed by atoms with Crippen molar-refractivity contribution in [1.82, 2.24) is 0 Å². The fourth-order valence-electron chi connectivity index (χ4n) is 4.08. The van der Waals surface area contributed by atoms with E-state index in [0.29, 0.717) is 22.2 Å². The highest BCUT2D eigenvalue weighted by Crippen LogP contribution is 2.47. The fraction of sp³-hybridized carbons (Fsp3) is 0.240. The molecule has 0 amide bonds. The van der Waals surface area contributed by atoms with Gasteiger partial charge >= 0.3 is 18.3 Å². The molecule has 0 fully saturated rings. The Hall–Kier alpha value is -3.48. The lowest BCUT2D eigenvalue weighted by atomic mass is 9.95. The molecule has 0 spiro atoms. The van der Waals surface area contributed by atoms with E-state index >= 15 is 0 Å². The second kappa shape index (κ2) is 9.37. The van der Waals surface area contributed by atoms with Crippen molar-refractivity contribution >= 4 is 21.2 Å². The van der Waals surface area contributed by atoms with Crippen molar-refractivity contribution in [1.29, 1.82) is 0 Å². The van der Waals surface area contributed by atoms with Gasteiger partial charge in [0.2, 0.25) is 0 Å². The third-order valence-corrected chi connectivity index (χ3v) is 7.10. The molecule has 1 unspecified atom stereocenters. The van der Waals surface area contributed by atoms with Crippen LogP contribution in [0.4, 0.5) is 40.8 Å². The number of halogens is 8. The number of rotatable bonds is 5. The van der Waals surface area contributed by atoms with E-state index < -0.39 is 57.5 Å². The lowest BCUT2D eigenvalue weighted by Crippen LogP contribution is -2.43. The van der Waals surface area contributed by atoms with Gasteiger partial charge in [-0.2, -0.15) is 40.2 Å². The maximum absolute atomic E-state index is 14.3. The summed E-state index contributed by atoms with van der Waals surface area (Å²) in [4.78, 5) is 0.0376. The van der Waals surface area contributed by atoms with Crippen LogP contribution in [0, 0.1) is 0 Å². The summed E-state index contributed by atoms with van der Waals surface area (Å²) < 4.78 is 133. The zero-order valence-corrected chi connectivity index (χ0v) is 20.2. The summed E-state index contributed by atoms with van der Waals surface area (Å²) in [5, 5.41) is 3.93. The molecule has 202 valence electrons. The number of para-hydroxylation sites is 1. The number of sulfone groups is 1. The summed E-state index contributed by atoms with van der Waals surface area (Å²) in [6.45, 7) is 0. The highest BCUT2D eigenvalue weighted by Gasteiger charge is 2.63. The molecule has 4 rings (SSSR count). The molecule has 0 N–H and O–H groups in total. The Morgan fingerprint density at radius 3 is 2.03 bits per heavy atom. The lowest BCUT2D eigenvalue weighted by molar-refractivity contribution is -0.249. The molecule has 3 aromatic rings. The van der Waals surface area contributed by atoms with E-state index in [0.717, 1.165) is 18.4 Å². The van der Waals surface area contributed by atoms with Crippen LogP contribution in [0.15, 0.2) is 82.8 Å². The number of alkyl halides is 8. The largest absolute Gasteiger partial charge is 0.459 e. The number of anilines is 1. The first-order chi connectivity index (χ1) is 17.5. The van der Waals surface area contributed by atoms with Crippen molar-refractivity contribution in [3.8, 4) is 11.1 Å². The fourth-order valence-corrected chi connectivity index (χ4v) is 4.71. The smallest absolute Gasteiger partial charge is 0.257 e. The van der Waals surface area contributed by atoms with Crippen molar-refractivity contribution in [2.24, 2.45) is 5.10 Å². The van der Waals surface area contributed by atoms with E-state index in [1.807, 2.05) is 0 Å². The van der Waals surface area contributed by atoms with E-state index in [-0.39, 0.29) is 10.5 Å². The molecular formula is C25H18F8N2O2S. The van der Waals surface area contributed by atoms with Gasteiger partial charge in [-0.15, -0.1) is 0 Å². The zero-order chi connectivity index (χ0) is 28.1. The first kappa shape index (κ1) is 27.6. The van der Waals surface area contributed by atoms with E-state index in [1.165, 1.54) is 48.5 Å². The van der Waals surface area contributed by atoms with Gasteiger partial charge in [-0.25, -0.2) is 8.42 Å². The Kier molecular flexibility index (Phi) is 6.79. The topological polar surface area (TPSA) is 49.7 Å². The third-order valence-electron chi connectivity index (χ3n) is 5.97.